The van der Waals surface area contributed by atoms with Gasteiger partial charge in [0, 0.05) is 73.4 Å². The Morgan fingerprint density at radius 2 is 1.82 bits per heavy atom. The van der Waals surface area contributed by atoms with Gasteiger partial charge in [0.05, 0.1) is 12.8 Å². The average Bonchev–Trinajstić information content (AvgIpc) is 3.03. The fraction of sp³-hybridized carbons (Fsp3) is 0.378. The average molecular weight is 629 g/mol. The summed E-state index contributed by atoms with van der Waals surface area (Å²) in [6.45, 7) is 8.05. The van der Waals surface area contributed by atoms with Crippen molar-refractivity contribution >= 4 is 23.0 Å². The fourth-order valence-electron chi connectivity index (χ4n) is 7.13. The van der Waals surface area contributed by atoms with Crippen LogP contribution in [0.2, 0.25) is 5.02 Å². The van der Waals surface area contributed by atoms with Crippen LogP contribution in [0.1, 0.15) is 46.2 Å². The lowest BCUT2D eigenvalue weighted by atomic mass is 9.85. The van der Waals surface area contributed by atoms with Gasteiger partial charge in [0.2, 0.25) is 0 Å². The highest BCUT2D eigenvalue weighted by molar-refractivity contribution is 6.32. The summed E-state index contributed by atoms with van der Waals surface area (Å²) < 4.78 is 22.0. The molecule has 3 aromatic carbocycles. The minimum atomic E-state index is -0.237. The lowest BCUT2D eigenvalue weighted by Gasteiger charge is -2.35. The number of rotatable bonds is 7. The van der Waals surface area contributed by atoms with E-state index in [1.54, 1.807) is 30.9 Å². The quantitative estimate of drug-likeness (QED) is 0.222. The van der Waals surface area contributed by atoms with Crippen molar-refractivity contribution < 1.29 is 9.13 Å². The molecule has 3 heterocycles. The summed E-state index contributed by atoms with van der Waals surface area (Å²) in [6.07, 6.45) is 6.03. The number of methoxy groups -OCH3 is 1. The van der Waals surface area contributed by atoms with E-state index in [2.05, 4.69) is 28.0 Å². The summed E-state index contributed by atoms with van der Waals surface area (Å²) in [7, 11) is 3.46. The Bertz CT molecular complexity index is 1790. The molecule has 0 bridgehead atoms. The van der Waals surface area contributed by atoms with Crippen LogP contribution in [0.3, 0.4) is 0 Å². The zero-order valence-corrected chi connectivity index (χ0v) is 27.4. The number of hydrogen-bond donors (Lipinski definition) is 1. The van der Waals surface area contributed by atoms with Crippen molar-refractivity contribution in [1.29, 1.82) is 0 Å². The van der Waals surface area contributed by atoms with Crippen molar-refractivity contribution in [3.05, 3.63) is 109 Å². The van der Waals surface area contributed by atoms with Crippen LogP contribution in [0.25, 0.3) is 11.1 Å². The van der Waals surface area contributed by atoms with Gasteiger partial charge in [0.25, 0.3) is 5.56 Å². The molecule has 2 aliphatic heterocycles. The summed E-state index contributed by atoms with van der Waals surface area (Å²) in [5.41, 5.74) is 15.8. The Labute approximate surface area is 270 Å². The number of nitrogens with two attached hydrogens (primary N) is 1. The molecule has 45 heavy (non-hydrogen) atoms. The molecule has 236 valence electrons. The Morgan fingerprint density at radius 1 is 1.04 bits per heavy atom. The number of ether oxygens (including phenoxy) is 1. The SMILES string of the molecule is COc1cc(-c2cn(C)c(=O)c(C)c2C)cc(Cl)c1CN1CCc2c(CC3CCN(c4ccc(N)cc4F)CC3)cccc2C1. The molecule has 1 saturated heterocycles. The van der Waals surface area contributed by atoms with Gasteiger partial charge in [-0.25, -0.2) is 4.39 Å². The summed E-state index contributed by atoms with van der Waals surface area (Å²) in [5.74, 6) is 1.11. The monoisotopic (exact) mass is 628 g/mol. The van der Waals surface area contributed by atoms with Crippen molar-refractivity contribution in [2.75, 3.05) is 37.4 Å². The summed E-state index contributed by atoms with van der Waals surface area (Å²) in [5, 5.41) is 0.667. The molecule has 2 N–H and O–H groups in total. The zero-order chi connectivity index (χ0) is 31.8. The molecular formula is C37H42ClFN4O2. The van der Waals surface area contributed by atoms with Gasteiger partial charge >= 0.3 is 0 Å². The van der Waals surface area contributed by atoms with E-state index in [4.69, 9.17) is 22.1 Å². The van der Waals surface area contributed by atoms with Crippen LogP contribution in [0.15, 0.2) is 59.5 Å². The second-order valence-electron chi connectivity index (χ2n) is 12.7. The maximum atomic E-state index is 14.5. The first kappa shape index (κ1) is 31.2. The van der Waals surface area contributed by atoms with E-state index in [9.17, 15) is 9.18 Å². The third-order valence-electron chi connectivity index (χ3n) is 9.88. The van der Waals surface area contributed by atoms with Crippen molar-refractivity contribution in [2.24, 2.45) is 13.0 Å². The van der Waals surface area contributed by atoms with E-state index in [1.807, 2.05) is 32.2 Å². The predicted octanol–water partition coefficient (Wildman–Crippen LogP) is 7.07. The maximum Gasteiger partial charge on any atom is 0.253 e. The highest BCUT2D eigenvalue weighted by Gasteiger charge is 2.26. The standard InChI is InChI=1S/C37H42ClFN4O2/c1-23-24(2)37(44)41(3)21-31(23)28-17-33(38)32(36(18-28)45-4)22-42-13-12-30-26(6-5-7-27(30)20-42)16-25-10-14-43(15-11-25)35-9-8-29(40)19-34(35)39/h5-9,17-19,21,25H,10-16,20,22,40H2,1-4H3. The highest BCUT2D eigenvalue weighted by atomic mass is 35.5. The van der Waals surface area contributed by atoms with Gasteiger partial charge in [-0.2, -0.15) is 0 Å². The number of piperidine rings is 1. The van der Waals surface area contributed by atoms with E-state index in [0.717, 1.165) is 85.4 Å². The first-order valence-corrected chi connectivity index (χ1v) is 16.2. The fourth-order valence-corrected chi connectivity index (χ4v) is 7.41. The first-order chi connectivity index (χ1) is 21.6. The molecule has 6 nitrogen and oxygen atoms in total. The van der Waals surface area contributed by atoms with Crippen LogP contribution in [0.5, 0.6) is 5.75 Å². The number of nitrogens with zero attached hydrogens (tertiary/aromatic N) is 3. The van der Waals surface area contributed by atoms with E-state index >= 15 is 0 Å². The largest absolute Gasteiger partial charge is 0.496 e. The topological polar surface area (TPSA) is 63.7 Å². The number of benzene rings is 3. The van der Waals surface area contributed by atoms with E-state index in [0.29, 0.717) is 28.9 Å². The first-order valence-electron chi connectivity index (χ1n) is 15.8. The number of aromatic nitrogens is 1. The summed E-state index contributed by atoms with van der Waals surface area (Å²) >= 11 is 6.94. The predicted molar refractivity (Wildman–Crippen MR) is 182 cm³/mol. The van der Waals surface area contributed by atoms with Gasteiger partial charge in [-0.15, -0.1) is 0 Å². The van der Waals surface area contributed by atoms with Gasteiger partial charge in [-0.1, -0.05) is 29.8 Å². The number of aryl methyl sites for hydroxylation is 1. The molecule has 0 spiro atoms. The molecule has 2 aliphatic rings. The highest BCUT2D eigenvalue weighted by Crippen LogP contribution is 2.37. The van der Waals surface area contributed by atoms with Gasteiger partial charge in [0.1, 0.15) is 11.6 Å². The number of halogens is 2. The van der Waals surface area contributed by atoms with Crippen molar-refractivity contribution in [3.8, 4) is 16.9 Å². The Morgan fingerprint density at radius 3 is 2.56 bits per heavy atom. The lowest BCUT2D eigenvalue weighted by molar-refractivity contribution is 0.241. The number of hydrogen-bond acceptors (Lipinski definition) is 5. The van der Waals surface area contributed by atoms with Crippen LogP contribution in [-0.2, 0) is 33.0 Å². The Hall–Kier alpha value is -3.81. The third-order valence-corrected chi connectivity index (χ3v) is 10.2. The van der Waals surface area contributed by atoms with Crippen molar-refractivity contribution in [1.82, 2.24) is 9.47 Å². The number of nitrogen functional groups attached to an aromatic ring is 1. The van der Waals surface area contributed by atoms with Gasteiger partial charge in [-0.05, 0) is 104 Å². The summed E-state index contributed by atoms with van der Waals surface area (Å²) in [4.78, 5) is 17.0. The minimum Gasteiger partial charge on any atom is -0.496 e. The lowest BCUT2D eigenvalue weighted by Crippen LogP contribution is -2.35. The molecule has 1 aromatic heterocycles. The molecule has 0 unspecified atom stereocenters. The molecule has 4 aromatic rings. The second kappa shape index (κ2) is 12.9. The number of pyridine rings is 1. The molecular weight excluding hydrogens is 587 g/mol. The molecule has 8 heteroatoms. The number of fused-ring (bicyclic) bond motifs is 1. The molecule has 0 amide bonds. The minimum absolute atomic E-state index is 0.0101. The van der Waals surface area contributed by atoms with Crippen LogP contribution in [-0.4, -0.2) is 36.2 Å². The van der Waals surface area contributed by atoms with Crippen molar-refractivity contribution in [3.63, 3.8) is 0 Å². The van der Waals surface area contributed by atoms with Crippen LogP contribution >= 0.6 is 11.6 Å². The maximum absolute atomic E-state index is 14.5. The van der Waals surface area contributed by atoms with E-state index in [1.165, 1.54) is 22.8 Å². The van der Waals surface area contributed by atoms with Crippen LogP contribution in [0, 0.1) is 25.6 Å². The van der Waals surface area contributed by atoms with Crippen molar-refractivity contribution in [2.45, 2.75) is 52.6 Å². The second-order valence-corrected chi connectivity index (χ2v) is 13.1. The molecule has 0 atom stereocenters. The van der Waals surface area contributed by atoms with Crippen LogP contribution < -0.4 is 20.9 Å². The molecule has 1 fully saturated rings. The van der Waals surface area contributed by atoms with Gasteiger partial charge in [0.15, 0.2) is 0 Å². The Kier molecular flexibility index (Phi) is 8.94. The normalized spacial score (nSPS) is 15.7. The molecule has 0 saturated carbocycles. The van der Waals surface area contributed by atoms with Crippen LogP contribution in [0.4, 0.5) is 15.8 Å². The Balaban J connectivity index is 1.14. The number of anilines is 2. The molecule has 0 aliphatic carbocycles. The third kappa shape index (κ3) is 6.34. The van der Waals surface area contributed by atoms with E-state index < -0.39 is 0 Å². The molecule has 6 rings (SSSR count). The van der Waals surface area contributed by atoms with Gasteiger partial charge in [-0.3, -0.25) is 9.69 Å². The van der Waals surface area contributed by atoms with E-state index in [-0.39, 0.29) is 11.4 Å². The molecule has 0 radical (unpaired) electrons. The zero-order valence-electron chi connectivity index (χ0n) is 26.6. The summed E-state index contributed by atoms with van der Waals surface area (Å²) in [6, 6.07) is 15.8. The smallest absolute Gasteiger partial charge is 0.253 e. The van der Waals surface area contributed by atoms with Gasteiger partial charge < -0.3 is 19.9 Å².